The van der Waals surface area contributed by atoms with Crippen molar-refractivity contribution in [1.82, 2.24) is 10.2 Å². The first-order chi connectivity index (χ1) is 17.1. The molecule has 36 heavy (non-hydrogen) atoms. The van der Waals surface area contributed by atoms with Gasteiger partial charge in [-0.15, -0.1) is 0 Å². The Kier molecular flexibility index (Phi) is 9.19. The van der Waals surface area contributed by atoms with E-state index in [0.717, 1.165) is 22.5 Å². The fourth-order valence-corrected chi connectivity index (χ4v) is 4.68. The van der Waals surface area contributed by atoms with Crippen LogP contribution in [0.2, 0.25) is 0 Å². The summed E-state index contributed by atoms with van der Waals surface area (Å²) in [6, 6.07) is 13.6. The summed E-state index contributed by atoms with van der Waals surface area (Å²) in [6.45, 7) is 6.09. The zero-order chi connectivity index (χ0) is 26.3. The number of rotatable bonds is 11. The van der Waals surface area contributed by atoms with E-state index in [1.807, 2.05) is 44.2 Å². The number of ether oxygens (including phenoxy) is 2. The van der Waals surface area contributed by atoms with Crippen LogP contribution in [0.5, 0.6) is 11.5 Å². The first kappa shape index (κ1) is 27.3. The van der Waals surface area contributed by atoms with E-state index in [0.29, 0.717) is 31.1 Å². The molecule has 10 heteroatoms. The average molecular weight is 518 g/mol. The Labute approximate surface area is 213 Å². The molecule has 0 bridgehead atoms. The molecule has 0 spiro atoms. The zero-order valence-corrected chi connectivity index (χ0v) is 22.1. The molecule has 2 atom stereocenters. The molecule has 2 aromatic carbocycles. The van der Waals surface area contributed by atoms with Crippen molar-refractivity contribution in [2.45, 2.75) is 45.7 Å². The number of carbonyl (C=O) groups is 2. The molecule has 1 heterocycles. The Morgan fingerprint density at radius 1 is 1.03 bits per heavy atom. The van der Waals surface area contributed by atoms with Crippen LogP contribution in [-0.4, -0.2) is 69.8 Å². The molecular weight excluding hydrogens is 482 g/mol. The van der Waals surface area contributed by atoms with Gasteiger partial charge >= 0.3 is 0 Å². The van der Waals surface area contributed by atoms with Gasteiger partial charge in [0.1, 0.15) is 25.8 Å². The van der Waals surface area contributed by atoms with Crippen LogP contribution in [-0.2, 0) is 26.0 Å². The van der Waals surface area contributed by atoms with Crippen molar-refractivity contribution in [3.63, 3.8) is 0 Å². The molecule has 0 radical (unpaired) electrons. The molecule has 0 fully saturated rings. The smallest absolute Gasteiger partial charge is 0.244 e. The minimum Gasteiger partial charge on any atom is -0.486 e. The average Bonchev–Trinajstić information content (AvgIpc) is 2.86. The zero-order valence-electron chi connectivity index (χ0n) is 21.3. The van der Waals surface area contributed by atoms with Gasteiger partial charge in [-0.05, 0) is 44.4 Å². The monoisotopic (exact) mass is 517 g/mol. The Morgan fingerprint density at radius 2 is 1.69 bits per heavy atom. The highest BCUT2D eigenvalue weighted by Gasteiger charge is 2.30. The molecule has 1 aliphatic rings. The molecule has 0 aromatic heterocycles. The van der Waals surface area contributed by atoms with Crippen LogP contribution in [0.15, 0.2) is 48.5 Å². The molecule has 2 aromatic rings. The molecular formula is C26H35N3O6S. The molecule has 1 aliphatic heterocycles. The topological polar surface area (TPSA) is 105 Å². The molecule has 2 unspecified atom stereocenters. The van der Waals surface area contributed by atoms with Crippen molar-refractivity contribution in [1.29, 1.82) is 0 Å². The Hall–Kier alpha value is -3.27. The predicted molar refractivity (Wildman–Crippen MR) is 139 cm³/mol. The highest BCUT2D eigenvalue weighted by atomic mass is 32.2. The summed E-state index contributed by atoms with van der Waals surface area (Å²) in [4.78, 5) is 27.9. The lowest BCUT2D eigenvalue weighted by Gasteiger charge is -2.32. The summed E-state index contributed by atoms with van der Waals surface area (Å²) in [5.74, 6) is 0.181. The van der Waals surface area contributed by atoms with E-state index in [2.05, 4.69) is 5.32 Å². The van der Waals surface area contributed by atoms with E-state index in [1.165, 1.54) is 4.90 Å². The first-order valence-electron chi connectivity index (χ1n) is 12.1. The van der Waals surface area contributed by atoms with Crippen molar-refractivity contribution in [3.8, 4) is 11.5 Å². The van der Waals surface area contributed by atoms with Gasteiger partial charge in [0.05, 0.1) is 11.9 Å². The van der Waals surface area contributed by atoms with Gasteiger partial charge in [0.15, 0.2) is 11.5 Å². The van der Waals surface area contributed by atoms with Gasteiger partial charge in [-0.2, -0.15) is 0 Å². The normalized spacial score (nSPS) is 14.4. The van der Waals surface area contributed by atoms with Crippen molar-refractivity contribution >= 4 is 27.5 Å². The van der Waals surface area contributed by atoms with Crippen LogP contribution >= 0.6 is 0 Å². The minimum atomic E-state index is -3.82. The second-order valence-corrected chi connectivity index (χ2v) is 10.8. The largest absolute Gasteiger partial charge is 0.486 e. The summed E-state index contributed by atoms with van der Waals surface area (Å²) in [5, 5.41) is 2.92. The first-order valence-corrected chi connectivity index (χ1v) is 14.0. The van der Waals surface area contributed by atoms with Crippen LogP contribution in [0.3, 0.4) is 0 Å². The van der Waals surface area contributed by atoms with E-state index in [4.69, 9.17) is 9.47 Å². The van der Waals surface area contributed by atoms with Crippen LogP contribution < -0.4 is 19.1 Å². The van der Waals surface area contributed by atoms with Crippen molar-refractivity contribution in [2.75, 3.05) is 36.9 Å². The number of benzene rings is 2. The van der Waals surface area contributed by atoms with Crippen LogP contribution in [0.4, 0.5) is 5.69 Å². The maximum absolute atomic E-state index is 13.6. The van der Waals surface area contributed by atoms with Gasteiger partial charge in [-0.3, -0.25) is 13.9 Å². The molecule has 2 amide bonds. The van der Waals surface area contributed by atoms with Crippen LogP contribution in [0.1, 0.15) is 32.8 Å². The molecule has 1 N–H and O–H groups in total. The molecule has 196 valence electrons. The number of hydrogen-bond acceptors (Lipinski definition) is 6. The highest BCUT2D eigenvalue weighted by molar-refractivity contribution is 7.92. The van der Waals surface area contributed by atoms with Gasteiger partial charge in [-0.25, -0.2) is 8.42 Å². The number of hydrogen-bond donors (Lipinski definition) is 1. The second-order valence-electron chi connectivity index (χ2n) is 8.91. The van der Waals surface area contributed by atoms with Gasteiger partial charge in [0, 0.05) is 18.7 Å². The maximum Gasteiger partial charge on any atom is 0.244 e. The molecule has 9 nitrogen and oxygen atoms in total. The summed E-state index contributed by atoms with van der Waals surface area (Å²) in [6.07, 6.45) is 2.32. The van der Waals surface area contributed by atoms with Crippen LogP contribution in [0, 0.1) is 0 Å². The standard InChI is InChI=1S/C26H35N3O6S/c1-5-19(2)27-26(31)20(3)28(14-13-21-9-7-6-8-10-21)25(30)18-29(36(4,32)33)22-11-12-23-24(17-22)35-16-15-34-23/h6-12,17,19-20H,5,13-16,18H2,1-4H3,(H,27,31). The lowest BCUT2D eigenvalue weighted by atomic mass is 10.1. The number of nitrogens with zero attached hydrogens (tertiary/aromatic N) is 2. The van der Waals surface area contributed by atoms with Gasteiger partial charge in [0.2, 0.25) is 21.8 Å². The second kappa shape index (κ2) is 12.1. The predicted octanol–water partition coefficient (Wildman–Crippen LogP) is 2.60. The molecule has 0 saturated heterocycles. The van der Waals surface area contributed by atoms with E-state index in [9.17, 15) is 18.0 Å². The summed E-state index contributed by atoms with van der Waals surface area (Å²) in [5.41, 5.74) is 1.30. The number of sulfonamides is 1. The number of fused-ring (bicyclic) bond motifs is 1. The quantitative estimate of drug-likeness (QED) is 0.491. The van der Waals surface area contributed by atoms with Gasteiger partial charge < -0.3 is 19.7 Å². The molecule has 0 saturated carbocycles. The lowest BCUT2D eigenvalue weighted by molar-refractivity contribution is -0.139. The Balaban J connectivity index is 1.86. The van der Waals surface area contributed by atoms with E-state index < -0.39 is 28.5 Å². The van der Waals surface area contributed by atoms with E-state index >= 15 is 0 Å². The fraction of sp³-hybridized carbons (Fsp3) is 0.462. The molecule has 3 rings (SSSR count). The van der Waals surface area contributed by atoms with E-state index in [1.54, 1.807) is 25.1 Å². The summed E-state index contributed by atoms with van der Waals surface area (Å²) in [7, 11) is -3.82. The van der Waals surface area contributed by atoms with E-state index in [-0.39, 0.29) is 24.2 Å². The van der Waals surface area contributed by atoms with Crippen molar-refractivity contribution in [2.24, 2.45) is 0 Å². The van der Waals surface area contributed by atoms with Gasteiger partial charge in [-0.1, -0.05) is 37.3 Å². The Bertz CT molecular complexity index is 1160. The SMILES string of the molecule is CCC(C)NC(=O)C(C)N(CCc1ccccc1)C(=O)CN(c1ccc2c(c1)OCCO2)S(C)(=O)=O. The number of amides is 2. The number of carbonyl (C=O) groups excluding carboxylic acids is 2. The maximum atomic E-state index is 13.6. The van der Waals surface area contributed by atoms with Gasteiger partial charge in [0.25, 0.3) is 0 Å². The highest BCUT2D eigenvalue weighted by Crippen LogP contribution is 2.34. The lowest BCUT2D eigenvalue weighted by Crippen LogP contribution is -2.53. The third-order valence-corrected chi connectivity index (χ3v) is 7.29. The third-order valence-electron chi connectivity index (χ3n) is 6.15. The Morgan fingerprint density at radius 3 is 2.33 bits per heavy atom. The summed E-state index contributed by atoms with van der Waals surface area (Å²) < 4.78 is 37.6. The summed E-state index contributed by atoms with van der Waals surface area (Å²) >= 11 is 0. The number of nitrogens with one attached hydrogen (secondary N) is 1. The molecule has 0 aliphatic carbocycles. The van der Waals surface area contributed by atoms with Crippen LogP contribution in [0.25, 0.3) is 0 Å². The fourth-order valence-electron chi connectivity index (χ4n) is 3.84. The minimum absolute atomic E-state index is 0.0451. The van der Waals surface area contributed by atoms with Crippen molar-refractivity contribution < 1.29 is 27.5 Å². The van der Waals surface area contributed by atoms with Crippen molar-refractivity contribution in [3.05, 3.63) is 54.1 Å². The third kappa shape index (κ3) is 7.13. The number of anilines is 1.